The molecule has 0 fully saturated rings. The molecule has 0 unspecified atom stereocenters. The molecule has 0 aliphatic heterocycles. The molecule has 1 N–H and O–H groups in total. The van der Waals surface area contributed by atoms with Gasteiger partial charge in [-0.05, 0) is 12.1 Å². The predicted molar refractivity (Wildman–Crippen MR) is 70.3 cm³/mol. The SMILES string of the molecule is O=S(=O)(Nc1ccccc1)C(F)(F)C(F)(F)OC(Cl)(Cl)Cl. The highest BCUT2D eigenvalue weighted by atomic mass is 35.6. The number of halogens is 7. The van der Waals surface area contributed by atoms with E-state index in [2.05, 4.69) is 4.74 Å². The number of nitrogens with one attached hydrogen (secondary N) is 1. The van der Waals surface area contributed by atoms with E-state index in [0.29, 0.717) is 0 Å². The van der Waals surface area contributed by atoms with E-state index in [4.69, 9.17) is 34.8 Å². The molecule has 0 radical (unpaired) electrons. The quantitative estimate of drug-likeness (QED) is 0.612. The molecule has 0 aliphatic carbocycles. The summed E-state index contributed by atoms with van der Waals surface area (Å²) >= 11 is 14.4. The van der Waals surface area contributed by atoms with Crippen LogP contribution in [0.5, 0.6) is 0 Å². The molecule has 0 atom stereocenters. The van der Waals surface area contributed by atoms with Gasteiger partial charge in [0, 0.05) is 5.69 Å². The van der Waals surface area contributed by atoms with E-state index in [1.165, 1.54) is 22.9 Å². The van der Waals surface area contributed by atoms with Crippen LogP contribution >= 0.6 is 34.8 Å². The third-order valence-corrected chi connectivity index (χ3v) is 3.59. The lowest BCUT2D eigenvalue weighted by atomic mass is 10.3. The van der Waals surface area contributed by atoms with Crippen molar-refractivity contribution in [3.8, 4) is 0 Å². The van der Waals surface area contributed by atoms with Crippen molar-refractivity contribution in [1.82, 2.24) is 0 Å². The van der Waals surface area contributed by atoms with Gasteiger partial charge in [0.15, 0.2) is 0 Å². The maximum absolute atomic E-state index is 13.5. The smallest absolute Gasteiger partial charge is 0.278 e. The van der Waals surface area contributed by atoms with Crippen molar-refractivity contribution in [2.24, 2.45) is 0 Å². The summed E-state index contributed by atoms with van der Waals surface area (Å²) in [6.07, 6.45) is -5.58. The van der Waals surface area contributed by atoms with E-state index in [1.54, 1.807) is 0 Å². The Morgan fingerprint density at radius 3 is 1.90 bits per heavy atom. The molecule has 0 bridgehead atoms. The van der Waals surface area contributed by atoms with E-state index in [1.807, 2.05) is 0 Å². The molecule has 0 aliphatic rings. The standard InChI is InChI=1S/C9H6Cl3F4NO3S/c10-9(11,12)20-7(13,14)8(15,16)21(18,19)17-6-4-2-1-3-5-6/h1-5,17H. The maximum Gasteiger partial charge on any atom is 0.453 e. The van der Waals surface area contributed by atoms with Gasteiger partial charge < -0.3 is 0 Å². The first-order valence-electron chi connectivity index (χ1n) is 4.88. The lowest BCUT2D eigenvalue weighted by Crippen LogP contribution is -2.52. The minimum atomic E-state index is -5.88. The Kier molecular flexibility index (Phi) is 5.27. The predicted octanol–water partition coefficient (Wildman–Crippen LogP) is 3.96. The van der Waals surface area contributed by atoms with Gasteiger partial charge in [-0.15, -0.1) is 0 Å². The lowest BCUT2D eigenvalue weighted by Gasteiger charge is -2.28. The number of hydrogen-bond donors (Lipinski definition) is 1. The molecule has 0 saturated heterocycles. The Balaban J connectivity index is 3.10. The monoisotopic (exact) mass is 389 g/mol. The number of hydrogen-bond acceptors (Lipinski definition) is 3. The number of rotatable bonds is 5. The molecule has 0 saturated carbocycles. The normalized spacial score (nSPS) is 14.0. The summed E-state index contributed by atoms with van der Waals surface area (Å²) in [4.78, 5) is 0. The second-order valence-corrected chi connectivity index (χ2v) is 7.45. The van der Waals surface area contributed by atoms with Crippen molar-refractivity contribution >= 4 is 50.5 Å². The minimum Gasteiger partial charge on any atom is -0.278 e. The molecule has 4 nitrogen and oxygen atoms in total. The Bertz CT molecular complexity index is 592. The maximum atomic E-state index is 13.5. The van der Waals surface area contributed by atoms with Gasteiger partial charge in [-0.25, -0.2) is 0 Å². The Hall–Kier alpha value is -0.480. The van der Waals surface area contributed by atoms with Crippen LogP contribution in [0.25, 0.3) is 0 Å². The highest BCUT2D eigenvalue weighted by Crippen LogP contribution is 2.45. The van der Waals surface area contributed by atoms with E-state index in [0.717, 1.165) is 12.1 Å². The highest BCUT2D eigenvalue weighted by Gasteiger charge is 2.69. The van der Waals surface area contributed by atoms with Crippen LogP contribution in [-0.4, -0.2) is 23.8 Å². The Morgan fingerprint density at radius 1 is 1.00 bits per heavy atom. The van der Waals surface area contributed by atoms with Crippen LogP contribution in [0.15, 0.2) is 30.3 Å². The number of para-hydroxylation sites is 1. The van der Waals surface area contributed by atoms with E-state index < -0.39 is 25.4 Å². The summed E-state index contributed by atoms with van der Waals surface area (Å²) in [5.41, 5.74) is -0.359. The van der Waals surface area contributed by atoms with Crippen molar-refractivity contribution in [3.63, 3.8) is 0 Å². The van der Waals surface area contributed by atoms with Gasteiger partial charge in [-0.2, -0.15) is 26.0 Å². The summed E-state index contributed by atoms with van der Waals surface area (Å²) in [5, 5.41) is -5.69. The summed E-state index contributed by atoms with van der Waals surface area (Å²) in [5.74, 6) is 0. The molecular formula is C9H6Cl3F4NO3S. The van der Waals surface area contributed by atoms with Gasteiger partial charge >= 0.3 is 25.4 Å². The Morgan fingerprint density at radius 2 is 1.48 bits per heavy atom. The summed E-state index contributed by atoms with van der Waals surface area (Å²) in [7, 11) is -5.88. The summed E-state index contributed by atoms with van der Waals surface area (Å²) in [6.45, 7) is 0. The van der Waals surface area contributed by atoms with E-state index in [9.17, 15) is 26.0 Å². The lowest BCUT2D eigenvalue weighted by molar-refractivity contribution is -0.320. The van der Waals surface area contributed by atoms with Crippen molar-refractivity contribution in [3.05, 3.63) is 30.3 Å². The molecule has 0 spiro atoms. The van der Waals surface area contributed by atoms with Crippen molar-refractivity contribution in [1.29, 1.82) is 0 Å². The molecule has 0 heterocycles. The second kappa shape index (κ2) is 5.96. The molecule has 1 aromatic carbocycles. The van der Waals surface area contributed by atoms with Crippen LogP contribution in [0.4, 0.5) is 23.2 Å². The first-order chi connectivity index (χ1) is 9.29. The number of alkyl halides is 7. The third-order valence-electron chi connectivity index (χ3n) is 1.95. The fraction of sp³-hybridized carbons (Fsp3) is 0.333. The van der Waals surface area contributed by atoms with E-state index >= 15 is 0 Å². The van der Waals surface area contributed by atoms with Crippen LogP contribution in [0.1, 0.15) is 0 Å². The van der Waals surface area contributed by atoms with Gasteiger partial charge in [0.05, 0.1) is 0 Å². The molecule has 1 rings (SSSR count). The zero-order valence-electron chi connectivity index (χ0n) is 9.67. The number of sulfonamides is 1. The van der Waals surface area contributed by atoms with Gasteiger partial charge in [0.1, 0.15) is 0 Å². The summed E-state index contributed by atoms with van der Waals surface area (Å²) in [6, 6.07) is 6.19. The van der Waals surface area contributed by atoms with Crippen LogP contribution in [0.3, 0.4) is 0 Å². The highest BCUT2D eigenvalue weighted by molar-refractivity contribution is 7.93. The topological polar surface area (TPSA) is 55.4 Å². The number of benzene rings is 1. The largest absolute Gasteiger partial charge is 0.453 e. The van der Waals surface area contributed by atoms with E-state index in [-0.39, 0.29) is 5.69 Å². The molecule has 120 valence electrons. The van der Waals surface area contributed by atoms with Gasteiger partial charge in [0.25, 0.3) is 0 Å². The fourth-order valence-corrected chi connectivity index (χ4v) is 2.31. The average Bonchev–Trinajstić information content (AvgIpc) is 2.25. The van der Waals surface area contributed by atoms with Crippen molar-refractivity contribution < 1.29 is 30.7 Å². The number of ether oxygens (including phenoxy) is 1. The van der Waals surface area contributed by atoms with Crippen LogP contribution in [0.2, 0.25) is 0 Å². The van der Waals surface area contributed by atoms with Crippen LogP contribution < -0.4 is 4.72 Å². The van der Waals surface area contributed by atoms with Gasteiger partial charge in [-0.1, -0.05) is 53.0 Å². The molecule has 0 amide bonds. The summed E-state index contributed by atoms with van der Waals surface area (Å²) < 4.78 is 77.5. The van der Waals surface area contributed by atoms with Crippen molar-refractivity contribution in [2.75, 3.05) is 4.72 Å². The fourth-order valence-electron chi connectivity index (χ4n) is 1.09. The van der Waals surface area contributed by atoms with Crippen molar-refractivity contribution in [2.45, 2.75) is 15.3 Å². The number of anilines is 1. The molecule has 1 aromatic rings. The minimum absolute atomic E-state index is 0.359. The second-order valence-electron chi connectivity index (χ2n) is 3.55. The zero-order valence-corrected chi connectivity index (χ0v) is 12.7. The van der Waals surface area contributed by atoms with Gasteiger partial charge in [-0.3, -0.25) is 9.46 Å². The van der Waals surface area contributed by atoms with Crippen LogP contribution in [0, 0.1) is 0 Å². The van der Waals surface area contributed by atoms with Gasteiger partial charge in [0.2, 0.25) is 0 Å². The average molecular weight is 391 g/mol. The first kappa shape index (κ1) is 18.6. The zero-order chi connectivity index (χ0) is 16.5. The first-order valence-corrected chi connectivity index (χ1v) is 7.50. The van der Waals surface area contributed by atoms with Crippen LogP contribution in [-0.2, 0) is 14.8 Å². The molecule has 12 heteroatoms. The molecule has 0 aromatic heterocycles. The molecular weight excluding hydrogens is 385 g/mol. The third kappa shape index (κ3) is 4.49. The Labute approximate surface area is 132 Å². The molecule has 21 heavy (non-hydrogen) atoms.